The van der Waals surface area contributed by atoms with Gasteiger partial charge in [0.2, 0.25) is 5.91 Å². The Bertz CT molecular complexity index is 528. The third kappa shape index (κ3) is 5.13. The zero-order valence-corrected chi connectivity index (χ0v) is 14.7. The first-order valence-electron chi connectivity index (χ1n) is 7.30. The van der Waals surface area contributed by atoms with Gasteiger partial charge in [0.1, 0.15) is 6.33 Å². The smallest absolute Gasteiger partial charge is 0.249 e. The van der Waals surface area contributed by atoms with E-state index in [1.807, 2.05) is 4.57 Å². The van der Waals surface area contributed by atoms with E-state index in [1.165, 1.54) is 16.8 Å². The lowest BCUT2D eigenvalue weighted by Crippen LogP contribution is -2.49. The minimum Gasteiger partial charge on any atom is -0.361 e. The van der Waals surface area contributed by atoms with Crippen molar-refractivity contribution in [3.05, 3.63) is 6.33 Å². The number of carbonyl (C=O) groups excluding carboxylic acids is 1. The van der Waals surface area contributed by atoms with Crippen molar-refractivity contribution in [1.29, 1.82) is 0 Å². The standard InChI is InChI=1S/C13H22N6OS2/c1-9(2)6-14-12(21)18(3)17-11(20)7-22-13-16-15-8-19(13)10-4-5-10/h8-10H,4-7H2,1-3H3,(H,14,21)(H,17,20). The molecule has 1 aromatic heterocycles. The van der Waals surface area contributed by atoms with Gasteiger partial charge in [-0.25, -0.2) is 0 Å². The summed E-state index contributed by atoms with van der Waals surface area (Å²) in [5.74, 6) is 0.653. The average molecular weight is 342 g/mol. The van der Waals surface area contributed by atoms with E-state index < -0.39 is 0 Å². The molecule has 9 heteroatoms. The number of amides is 1. The molecule has 1 aliphatic carbocycles. The van der Waals surface area contributed by atoms with Crippen LogP contribution in [0.1, 0.15) is 32.7 Å². The minimum absolute atomic E-state index is 0.119. The van der Waals surface area contributed by atoms with Crippen LogP contribution in [0.4, 0.5) is 0 Å². The van der Waals surface area contributed by atoms with Crippen LogP contribution in [-0.2, 0) is 4.79 Å². The lowest BCUT2D eigenvalue weighted by Gasteiger charge is -2.22. The maximum atomic E-state index is 12.0. The Labute approximate surface area is 140 Å². The van der Waals surface area contributed by atoms with E-state index in [1.54, 1.807) is 13.4 Å². The molecule has 1 amide bonds. The number of thiocarbonyl (C=S) groups is 1. The van der Waals surface area contributed by atoms with E-state index in [0.29, 0.717) is 17.1 Å². The summed E-state index contributed by atoms with van der Waals surface area (Å²) in [6.45, 7) is 4.97. The molecule has 1 heterocycles. The molecule has 1 aromatic rings. The summed E-state index contributed by atoms with van der Waals surface area (Å²) in [6.07, 6.45) is 4.06. The summed E-state index contributed by atoms with van der Waals surface area (Å²) < 4.78 is 2.04. The number of rotatable bonds is 6. The largest absolute Gasteiger partial charge is 0.361 e. The van der Waals surface area contributed by atoms with E-state index in [9.17, 15) is 4.79 Å². The van der Waals surface area contributed by atoms with Crippen LogP contribution in [0, 0.1) is 5.92 Å². The van der Waals surface area contributed by atoms with E-state index >= 15 is 0 Å². The molecule has 0 aliphatic heterocycles. The summed E-state index contributed by atoms with van der Waals surface area (Å²) in [7, 11) is 1.73. The van der Waals surface area contributed by atoms with Gasteiger partial charge in [-0.1, -0.05) is 25.6 Å². The van der Waals surface area contributed by atoms with Crippen molar-refractivity contribution in [1.82, 2.24) is 30.5 Å². The average Bonchev–Trinajstić information content (AvgIpc) is 3.21. The second-order valence-corrected chi connectivity index (χ2v) is 7.04. The van der Waals surface area contributed by atoms with Crippen molar-refractivity contribution in [2.75, 3.05) is 19.3 Å². The van der Waals surface area contributed by atoms with Crippen molar-refractivity contribution >= 4 is 35.0 Å². The highest BCUT2D eigenvalue weighted by atomic mass is 32.2. The third-order valence-corrected chi connectivity index (χ3v) is 4.45. The molecule has 22 heavy (non-hydrogen) atoms. The lowest BCUT2D eigenvalue weighted by atomic mass is 10.2. The summed E-state index contributed by atoms with van der Waals surface area (Å²) in [6, 6.07) is 0.510. The van der Waals surface area contributed by atoms with Gasteiger partial charge < -0.3 is 9.88 Å². The first-order chi connectivity index (χ1) is 10.5. The predicted molar refractivity (Wildman–Crippen MR) is 90.4 cm³/mol. The fourth-order valence-corrected chi connectivity index (χ4v) is 2.65. The maximum absolute atomic E-state index is 12.0. The molecular formula is C13H22N6OS2. The Morgan fingerprint density at radius 1 is 1.59 bits per heavy atom. The Morgan fingerprint density at radius 3 is 2.95 bits per heavy atom. The molecule has 0 unspecified atom stereocenters. The number of thioether (sulfide) groups is 1. The second-order valence-electron chi connectivity index (χ2n) is 5.71. The minimum atomic E-state index is -0.119. The van der Waals surface area contributed by atoms with Crippen molar-refractivity contribution in [3.8, 4) is 0 Å². The van der Waals surface area contributed by atoms with Crippen molar-refractivity contribution in [3.63, 3.8) is 0 Å². The van der Waals surface area contributed by atoms with Crippen LogP contribution in [0.25, 0.3) is 0 Å². The highest BCUT2D eigenvalue weighted by Gasteiger charge is 2.26. The van der Waals surface area contributed by atoms with Crippen LogP contribution in [0.2, 0.25) is 0 Å². The molecule has 0 saturated heterocycles. The van der Waals surface area contributed by atoms with E-state index in [0.717, 1.165) is 24.5 Å². The topological polar surface area (TPSA) is 75.1 Å². The van der Waals surface area contributed by atoms with Gasteiger partial charge in [-0.05, 0) is 31.0 Å². The number of nitrogens with zero attached hydrogens (tertiary/aromatic N) is 4. The van der Waals surface area contributed by atoms with Gasteiger partial charge in [-0.2, -0.15) is 0 Å². The molecule has 0 atom stereocenters. The van der Waals surface area contributed by atoms with Gasteiger partial charge in [0.15, 0.2) is 10.3 Å². The van der Waals surface area contributed by atoms with Gasteiger partial charge in [-0.15, -0.1) is 10.2 Å². The normalized spacial score (nSPS) is 14.0. The Kier molecular flexibility index (Phi) is 6.01. The van der Waals surface area contributed by atoms with Crippen molar-refractivity contribution in [2.45, 2.75) is 37.9 Å². The Balaban J connectivity index is 1.73. The molecule has 7 nitrogen and oxygen atoms in total. The predicted octanol–water partition coefficient (Wildman–Crippen LogP) is 1.20. The Morgan fingerprint density at radius 2 is 2.32 bits per heavy atom. The summed E-state index contributed by atoms with van der Waals surface area (Å²) in [5.41, 5.74) is 2.74. The van der Waals surface area contributed by atoms with Crippen LogP contribution in [0.5, 0.6) is 0 Å². The van der Waals surface area contributed by atoms with Crippen LogP contribution < -0.4 is 10.7 Å². The molecular weight excluding hydrogens is 320 g/mol. The maximum Gasteiger partial charge on any atom is 0.249 e. The fourth-order valence-electron chi connectivity index (χ4n) is 1.75. The lowest BCUT2D eigenvalue weighted by molar-refractivity contribution is -0.121. The SMILES string of the molecule is CC(C)CNC(=S)N(C)NC(=O)CSc1nncn1C1CC1. The summed E-state index contributed by atoms with van der Waals surface area (Å²) in [4.78, 5) is 12.0. The summed E-state index contributed by atoms with van der Waals surface area (Å²) >= 11 is 6.60. The summed E-state index contributed by atoms with van der Waals surface area (Å²) in [5, 5.41) is 13.9. The zero-order chi connectivity index (χ0) is 16.1. The molecule has 2 rings (SSSR count). The molecule has 0 aromatic carbocycles. The van der Waals surface area contributed by atoms with E-state index in [-0.39, 0.29) is 11.7 Å². The van der Waals surface area contributed by atoms with Gasteiger partial charge in [0.05, 0.1) is 5.75 Å². The Hall–Kier alpha value is -1.35. The molecule has 2 N–H and O–H groups in total. The van der Waals surface area contributed by atoms with Crippen molar-refractivity contribution in [2.24, 2.45) is 5.92 Å². The van der Waals surface area contributed by atoms with Gasteiger partial charge in [0, 0.05) is 19.6 Å². The molecule has 1 saturated carbocycles. The third-order valence-electron chi connectivity index (χ3n) is 3.07. The highest BCUT2D eigenvalue weighted by Crippen LogP contribution is 2.37. The first kappa shape index (κ1) is 17.0. The number of aromatic nitrogens is 3. The van der Waals surface area contributed by atoms with E-state index in [2.05, 4.69) is 34.8 Å². The van der Waals surface area contributed by atoms with E-state index in [4.69, 9.17) is 12.2 Å². The molecule has 0 radical (unpaired) electrons. The number of nitrogens with one attached hydrogen (secondary N) is 2. The zero-order valence-electron chi connectivity index (χ0n) is 13.1. The first-order valence-corrected chi connectivity index (χ1v) is 8.70. The molecule has 1 fully saturated rings. The quantitative estimate of drug-likeness (QED) is 0.457. The van der Waals surface area contributed by atoms with Gasteiger partial charge in [0.25, 0.3) is 0 Å². The fraction of sp³-hybridized carbons (Fsp3) is 0.692. The second kappa shape index (κ2) is 7.77. The number of hydrogen-bond acceptors (Lipinski definition) is 5. The van der Waals surface area contributed by atoms with Crippen LogP contribution >= 0.6 is 24.0 Å². The van der Waals surface area contributed by atoms with Crippen LogP contribution in [0.3, 0.4) is 0 Å². The molecule has 0 spiro atoms. The van der Waals surface area contributed by atoms with Crippen LogP contribution in [0.15, 0.2) is 11.5 Å². The van der Waals surface area contributed by atoms with Crippen LogP contribution in [-0.4, -0.2) is 50.1 Å². The molecule has 1 aliphatic rings. The molecule has 0 bridgehead atoms. The highest BCUT2D eigenvalue weighted by molar-refractivity contribution is 7.99. The number of hydrogen-bond donors (Lipinski definition) is 2. The monoisotopic (exact) mass is 342 g/mol. The number of hydrazine groups is 1. The van der Waals surface area contributed by atoms with Gasteiger partial charge >= 0.3 is 0 Å². The van der Waals surface area contributed by atoms with Crippen molar-refractivity contribution < 1.29 is 4.79 Å². The number of carbonyl (C=O) groups is 1. The van der Waals surface area contributed by atoms with Gasteiger partial charge in [-0.3, -0.25) is 15.2 Å². The molecule has 122 valence electrons.